The molecule has 2 aromatic heterocycles. The van der Waals surface area contributed by atoms with E-state index in [4.69, 9.17) is 0 Å². The molecule has 1 aliphatic rings. The van der Waals surface area contributed by atoms with Gasteiger partial charge in [0.15, 0.2) is 0 Å². The monoisotopic (exact) mass is 371 g/mol. The van der Waals surface area contributed by atoms with E-state index >= 15 is 0 Å². The molecule has 1 aliphatic carbocycles. The molecule has 4 rings (SSSR count). The number of H-pyrrole nitrogens is 1. The third-order valence-corrected chi connectivity index (χ3v) is 5.31. The van der Waals surface area contributed by atoms with E-state index in [0.29, 0.717) is 11.6 Å². The number of amides is 1. The topological polar surface area (TPSA) is 49.8 Å². The van der Waals surface area contributed by atoms with Crippen molar-refractivity contribution in [3.05, 3.63) is 58.5 Å². The van der Waals surface area contributed by atoms with Gasteiger partial charge in [0.05, 0.1) is 5.54 Å². The van der Waals surface area contributed by atoms with Gasteiger partial charge < -0.3 is 14.9 Å². The lowest BCUT2D eigenvalue weighted by Gasteiger charge is -2.17. The molecule has 0 saturated heterocycles. The lowest BCUT2D eigenvalue weighted by atomic mass is 10.1. The molecule has 0 spiro atoms. The van der Waals surface area contributed by atoms with Crippen LogP contribution in [0.5, 0.6) is 0 Å². The fraction of sp³-hybridized carbons (Fsp3) is 0.278. The van der Waals surface area contributed by atoms with E-state index in [-0.39, 0.29) is 11.4 Å². The molecule has 5 heteroatoms. The first-order valence-electron chi connectivity index (χ1n) is 7.71. The first kappa shape index (κ1) is 14.6. The summed E-state index contributed by atoms with van der Waals surface area (Å²) in [6.45, 7) is 2.18. The number of aromatic nitrogens is 2. The van der Waals surface area contributed by atoms with Crippen molar-refractivity contribution < 1.29 is 4.79 Å². The summed E-state index contributed by atoms with van der Waals surface area (Å²) in [5.41, 5.74) is 2.53. The minimum absolute atomic E-state index is 0.0504. The quantitative estimate of drug-likeness (QED) is 0.719. The van der Waals surface area contributed by atoms with Crippen molar-refractivity contribution in [2.24, 2.45) is 13.0 Å². The highest BCUT2D eigenvalue weighted by Gasteiger charge is 2.54. The van der Waals surface area contributed by atoms with Crippen LogP contribution >= 0.6 is 15.9 Å². The molecular weight excluding hydrogens is 354 g/mol. The molecule has 0 radical (unpaired) electrons. The molecule has 1 saturated carbocycles. The molecule has 118 valence electrons. The summed E-state index contributed by atoms with van der Waals surface area (Å²) in [5.74, 6) is 0.401. The zero-order chi connectivity index (χ0) is 16.2. The van der Waals surface area contributed by atoms with Crippen LogP contribution in [0.15, 0.2) is 47.2 Å². The Hall–Kier alpha value is -2.01. The lowest BCUT2D eigenvalue weighted by Crippen LogP contribution is -2.36. The Bertz CT molecular complexity index is 910. The standard InChI is InChI=1S/C18H18BrN3O/c1-11-9-18(11,13-5-6-22(2)10-13)21-17(23)16-8-12-7-14(19)3-4-15(12)20-16/h3-8,10-11,20H,9H2,1-2H3,(H,21,23)/t11-,18+/m0/s1. The Morgan fingerprint density at radius 2 is 2.17 bits per heavy atom. The Morgan fingerprint density at radius 1 is 1.39 bits per heavy atom. The van der Waals surface area contributed by atoms with E-state index in [9.17, 15) is 4.79 Å². The number of nitrogens with one attached hydrogen (secondary N) is 2. The lowest BCUT2D eigenvalue weighted by molar-refractivity contribution is 0.0923. The van der Waals surface area contributed by atoms with Crippen molar-refractivity contribution in [3.8, 4) is 0 Å². The minimum Gasteiger partial charge on any atom is -0.357 e. The second kappa shape index (κ2) is 4.99. The van der Waals surface area contributed by atoms with Crippen LogP contribution in [0.25, 0.3) is 10.9 Å². The predicted molar refractivity (Wildman–Crippen MR) is 94.3 cm³/mol. The Morgan fingerprint density at radius 3 is 2.83 bits per heavy atom. The largest absolute Gasteiger partial charge is 0.357 e. The highest BCUT2D eigenvalue weighted by atomic mass is 79.9. The maximum absolute atomic E-state index is 12.7. The SMILES string of the molecule is C[C@H]1C[C@]1(NC(=O)c1cc2cc(Br)ccc2[nH]1)c1ccn(C)c1. The molecule has 2 N–H and O–H groups in total. The molecule has 0 aliphatic heterocycles. The number of carbonyl (C=O) groups is 1. The highest BCUT2D eigenvalue weighted by Crippen LogP contribution is 2.51. The normalized spacial score (nSPS) is 23.2. The molecule has 23 heavy (non-hydrogen) atoms. The van der Waals surface area contributed by atoms with Crippen molar-refractivity contribution >= 4 is 32.7 Å². The van der Waals surface area contributed by atoms with E-state index in [2.05, 4.69) is 45.4 Å². The summed E-state index contributed by atoms with van der Waals surface area (Å²) in [7, 11) is 2.00. The number of nitrogens with zero attached hydrogens (tertiary/aromatic N) is 1. The second-order valence-electron chi connectivity index (χ2n) is 6.51. The van der Waals surface area contributed by atoms with Gasteiger partial charge in [-0.1, -0.05) is 22.9 Å². The summed E-state index contributed by atoms with van der Waals surface area (Å²) in [5, 5.41) is 4.27. The first-order valence-corrected chi connectivity index (χ1v) is 8.50. The molecule has 2 heterocycles. The average Bonchev–Trinajstić information content (AvgIpc) is 2.90. The molecule has 1 aromatic carbocycles. The van der Waals surface area contributed by atoms with Crippen molar-refractivity contribution in [2.45, 2.75) is 18.9 Å². The molecule has 4 nitrogen and oxygen atoms in total. The summed E-state index contributed by atoms with van der Waals surface area (Å²) < 4.78 is 3.03. The molecule has 2 atom stereocenters. The van der Waals surface area contributed by atoms with Gasteiger partial charge in [-0.05, 0) is 48.2 Å². The molecule has 1 fully saturated rings. The number of carbonyl (C=O) groups excluding carboxylic acids is 1. The minimum atomic E-state index is -0.226. The fourth-order valence-electron chi connectivity index (χ4n) is 3.34. The van der Waals surface area contributed by atoms with Crippen LogP contribution in [0.4, 0.5) is 0 Å². The number of aromatic amines is 1. The summed E-state index contributed by atoms with van der Waals surface area (Å²) in [4.78, 5) is 15.9. The molecular formula is C18H18BrN3O. The van der Waals surface area contributed by atoms with Crippen molar-refractivity contribution in [1.82, 2.24) is 14.9 Å². The van der Waals surface area contributed by atoms with Crippen LogP contribution < -0.4 is 5.32 Å². The van der Waals surface area contributed by atoms with Gasteiger partial charge in [0.1, 0.15) is 5.69 Å². The van der Waals surface area contributed by atoms with E-state index in [0.717, 1.165) is 21.8 Å². The van der Waals surface area contributed by atoms with Crippen LogP contribution in [0.3, 0.4) is 0 Å². The van der Waals surface area contributed by atoms with Gasteiger partial charge in [-0.2, -0.15) is 0 Å². The van der Waals surface area contributed by atoms with Gasteiger partial charge in [0.25, 0.3) is 5.91 Å². The average molecular weight is 372 g/mol. The Kier molecular flexibility index (Phi) is 3.17. The van der Waals surface area contributed by atoms with Crippen molar-refractivity contribution in [3.63, 3.8) is 0 Å². The molecule has 1 amide bonds. The van der Waals surface area contributed by atoms with Crippen molar-refractivity contribution in [2.75, 3.05) is 0 Å². The van der Waals surface area contributed by atoms with E-state index in [1.54, 1.807) is 0 Å². The number of halogens is 1. The van der Waals surface area contributed by atoms with Crippen LogP contribution in [0.1, 0.15) is 29.4 Å². The number of hydrogen-bond donors (Lipinski definition) is 2. The van der Waals surface area contributed by atoms with Crippen molar-refractivity contribution in [1.29, 1.82) is 0 Å². The smallest absolute Gasteiger partial charge is 0.268 e. The summed E-state index contributed by atoms with van der Waals surface area (Å²) in [6.07, 6.45) is 5.09. The first-order chi connectivity index (χ1) is 11.0. The van der Waals surface area contributed by atoms with Gasteiger partial charge in [0.2, 0.25) is 0 Å². The number of fused-ring (bicyclic) bond motifs is 1. The van der Waals surface area contributed by atoms with E-state index in [1.807, 2.05) is 42.1 Å². The fourth-order valence-corrected chi connectivity index (χ4v) is 3.71. The van der Waals surface area contributed by atoms with Gasteiger partial charge in [-0.3, -0.25) is 4.79 Å². The predicted octanol–water partition coefficient (Wildman–Crippen LogP) is 3.93. The third-order valence-electron chi connectivity index (χ3n) is 4.82. The molecule has 0 bridgehead atoms. The number of benzene rings is 1. The summed E-state index contributed by atoms with van der Waals surface area (Å²) >= 11 is 3.46. The maximum Gasteiger partial charge on any atom is 0.268 e. The second-order valence-corrected chi connectivity index (χ2v) is 7.43. The van der Waals surface area contributed by atoms with Crippen LogP contribution in [-0.2, 0) is 12.6 Å². The van der Waals surface area contributed by atoms with E-state index < -0.39 is 0 Å². The molecule has 3 aromatic rings. The van der Waals surface area contributed by atoms with Gasteiger partial charge >= 0.3 is 0 Å². The number of rotatable bonds is 3. The third kappa shape index (κ3) is 2.39. The van der Waals surface area contributed by atoms with Gasteiger partial charge in [0, 0.05) is 34.8 Å². The number of hydrogen-bond acceptors (Lipinski definition) is 1. The highest BCUT2D eigenvalue weighted by molar-refractivity contribution is 9.10. The number of aryl methyl sites for hydroxylation is 1. The zero-order valence-electron chi connectivity index (χ0n) is 13.1. The summed E-state index contributed by atoms with van der Waals surface area (Å²) in [6, 6.07) is 9.94. The van der Waals surface area contributed by atoms with Crippen LogP contribution in [0, 0.1) is 5.92 Å². The van der Waals surface area contributed by atoms with E-state index in [1.165, 1.54) is 5.56 Å². The molecule has 0 unspecified atom stereocenters. The van der Waals surface area contributed by atoms with Crippen LogP contribution in [0.2, 0.25) is 0 Å². The maximum atomic E-state index is 12.7. The van der Waals surface area contributed by atoms with Crippen LogP contribution in [-0.4, -0.2) is 15.5 Å². The Labute approximate surface area is 143 Å². The van der Waals surface area contributed by atoms with Gasteiger partial charge in [-0.25, -0.2) is 0 Å². The van der Waals surface area contributed by atoms with Gasteiger partial charge in [-0.15, -0.1) is 0 Å². The Balaban J connectivity index is 1.63. The zero-order valence-corrected chi connectivity index (χ0v) is 14.6.